The number of nitrogens with zero attached hydrogens (tertiary/aromatic N) is 2. The smallest absolute Gasteiger partial charge is 0.0665 e. The van der Waals surface area contributed by atoms with Crippen molar-refractivity contribution >= 4 is 22.8 Å². The molecular formula is C63H106N2Pd. The SMILES string of the molecule is CCCCCCCCCCCCCCCC/C=C/CCc1ccccc1N=C(CCCC)C(CCCCC)=Nc1ccccc1CC/C=C/CCCCCCCCCCCCCCCC.[Pd]. The molecular weight excluding hydrogens is 891 g/mol. The van der Waals surface area contributed by atoms with Gasteiger partial charge in [-0.3, -0.25) is 9.98 Å². The number of unbranched alkanes of at least 4 members (excludes halogenated alkanes) is 31. The quantitative estimate of drug-likeness (QED) is 0.0273. The monoisotopic (exact) mass is 997 g/mol. The second kappa shape index (κ2) is 48.0. The van der Waals surface area contributed by atoms with Gasteiger partial charge in [-0.1, -0.05) is 275 Å². The molecule has 0 bridgehead atoms. The number of aliphatic imine (C=N–C) groups is 2. The van der Waals surface area contributed by atoms with Gasteiger partial charge in [-0.15, -0.1) is 0 Å². The van der Waals surface area contributed by atoms with Crippen molar-refractivity contribution in [1.29, 1.82) is 0 Å². The average Bonchev–Trinajstić information content (AvgIpc) is 3.32. The van der Waals surface area contributed by atoms with E-state index in [4.69, 9.17) is 9.98 Å². The van der Waals surface area contributed by atoms with Crippen molar-refractivity contribution in [3.63, 3.8) is 0 Å². The molecule has 0 atom stereocenters. The Kier molecular flexibility index (Phi) is 45.0. The van der Waals surface area contributed by atoms with E-state index < -0.39 is 0 Å². The number of hydrogen-bond acceptors (Lipinski definition) is 2. The minimum atomic E-state index is 0. The first-order chi connectivity index (χ1) is 32.2. The number of rotatable bonds is 46. The summed E-state index contributed by atoms with van der Waals surface area (Å²) in [5, 5.41) is 0. The van der Waals surface area contributed by atoms with E-state index in [1.165, 1.54) is 228 Å². The molecule has 2 rings (SSSR count). The summed E-state index contributed by atoms with van der Waals surface area (Å²) in [7, 11) is 0. The van der Waals surface area contributed by atoms with E-state index in [1.807, 2.05) is 0 Å². The molecule has 0 aliphatic heterocycles. The Morgan fingerprint density at radius 2 is 0.591 bits per heavy atom. The van der Waals surface area contributed by atoms with Crippen molar-refractivity contribution in [3.05, 3.63) is 84.0 Å². The zero-order valence-corrected chi connectivity index (χ0v) is 45.7. The van der Waals surface area contributed by atoms with Gasteiger partial charge in [-0.05, 0) is 100 Å². The summed E-state index contributed by atoms with van der Waals surface area (Å²) in [6.07, 6.45) is 64.1. The van der Waals surface area contributed by atoms with E-state index in [1.54, 1.807) is 0 Å². The van der Waals surface area contributed by atoms with Crippen LogP contribution in [0, 0.1) is 0 Å². The van der Waals surface area contributed by atoms with Crippen LogP contribution in [0.15, 0.2) is 82.8 Å². The Morgan fingerprint density at radius 3 is 0.939 bits per heavy atom. The molecule has 0 fully saturated rings. The van der Waals surface area contributed by atoms with Gasteiger partial charge in [0.25, 0.3) is 0 Å². The Bertz CT molecular complexity index is 1470. The van der Waals surface area contributed by atoms with Crippen LogP contribution in [0.5, 0.6) is 0 Å². The molecule has 0 N–H and O–H groups in total. The molecule has 0 aliphatic rings. The van der Waals surface area contributed by atoms with Crippen LogP contribution in [0.3, 0.4) is 0 Å². The third-order valence-electron chi connectivity index (χ3n) is 13.6. The molecule has 0 spiro atoms. The largest absolute Gasteiger partial charge is 0.251 e. The van der Waals surface area contributed by atoms with Crippen LogP contribution in [-0.2, 0) is 33.3 Å². The van der Waals surface area contributed by atoms with Gasteiger partial charge >= 0.3 is 0 Å². The van der Waals surface area contributed by atoms with Crippen LogP contribution in [0.25, 0.3) is 0 Å². The van der Waals surface area contributed by atoms with Crippen LogP contribution in [0.1, 0.15) is 289 Å². The molecule has 0 saturated heterocycles. The first-order valence-corrected chi connectivity index (χ1v) is 28.8. The maximum atomic E-state index is 5.51. The van der Waals surface area contributed by atoms with Crippen LogP contribution in [-0.4, -0.2) is 11.4 Å². The Hall–Kier alpha value is -2.08. The van der Waals surface area contributed by atoms with E-state index in [0.29, 0.717) is 0 Å². The van der Waals surface area contributed by atoms with E-state index in [-0.39, 0.29) is 20.4 Å². The van der Waals surface area contributed by atoms with Gasteiger partial charge in [0.05, 0.1) is 22.8 Å². The van der Waals surface area contributed by atoms with E-state index in [0.717, 1.165) is 69.2 Å². The van der Waals surface area contributed by atoms with Crippen molar-refractivity contribution < 1.29 is 20.4 Å². The topological polar surface area (TPSA) is 24.7 Å². The molecule has 0 amide bonds. The van der Waals surface area contributed by atoms with Crippen LogP contribution >= 0.6 is 0 Å². The maximum Gasteiger partial charge on any atom is 0.0665 e. The van der Waals surface area contributed by atoms with E-state index >= 15 is 0 Å². The summed E-state index contributed by atoms with van der Waals surface area (Å²) in [5.74, 6) is 0. The second-order valence-corrected chi connectivity index (χ2v) is 19.7. The molecule has 66 heavy (non-hydrogen) atoms. The summed E-state index contributed by atoms with van der Waals surface area (Å²) in [5.41, 5.74) is 7.40. The fraction of sp³-hybridized carbons (Fsp3) is 0.714. The first kappa shape index (κ1) is 61.9. The Balaban J connectivity index is 0.0000218. The maximum absolute atomic E-state index is 5.51. The molecule has 0 unspecified atom stereocenters. The van der Waals surface area contributed by atoms with Gasteiger partial charge in [0.15, 0.2) is 0 Å². The number of hydrogen-bond donors (Lipinski definition) is 0. The number of aryl methyl sites for hydroxylation is 2. The fourth-order valence-corrected chi connectivity index (χ4v) is 9.23. The van der Waals surface area contributed by atoms with Gasteiger partial charge < -0.3 is 0 Å². The van der Waals surface area contributed by atoms with Gasteiger partial charge in [0.1, 0.15) is 0 Å². The zero-order valence-electron chi connectivity index (χ0n) is 44.1. The van der Waals surface area contributed by atoms with Gasteiger partial charge in [0.2, 0.25) is 0 Å². The molecule has 2 aromatic carbocycles. The third kappa shape index (κ3) is 35.1. The molecule has 2 aromatic rings. The minimum Gasteiger partial charge on any atom is -0.251 e. The number of para-hydroxylation sites is 2. The van der Waals surface area contributed by atoms with Crippen LogP contribution < -0.4 is 0 Å². The number of benzene rings is 2. The molecule has 2 nitrogen and oxygen atoms in total. The molecule has 0 saturated carbocycles. The molecule has 0 heterocycles. The van der Waals surface area contributed by atoms with Gasteiger partial charge in [-0.25, -0.2) is 0 Å². The zero-order chi connectivity index (χ0) is 46.4. The number of allylic oxidation sites excluding steroid dienone is 4. The average molecular weight is 998 g/mol. The Labute approximate surface area is 425 Å². The standard InChI is InChI=1S/C63H106N2.Pd/c1-5-9-13-15-17-19-21-23-25-27-29-31-33-35-37-39-41-44-50-58-52-46-48-55-60(58)64-62(54-12-8-4)63(57-43-11-7-3)65-61-56-49-47-53-59(61)51-45-42-40-38-36-34-32-30-28-26-24-22-20-18-16-14-10-6-2;/h39-42,46-49,52-53,55-56H,5-38,43-45,50-51,54,57H2,1-4H3;/b41-39+,42-40+,64-62?,65-63?;. The predicted octanol–water partition coefficient (Wildman–Crippen LogP) is 22.0. The fourth-order valence-electron chi connectivity index (χ4n) is 9.23. The molecule has 3 heteroatoms. The van der Waals surface area contributed by atoms with Gasteiger partial charge in [0, 0.05) is 20.4 Å². The van der Waals surface area contributed by atoms with Gasteiger partial charge in [-0.2, -0.15) is 0 Å². The first-order valence-electron chi connectivity index (χ1n) is 28.8. The summed E-state index contributed by atoms with van der Waals surface area (Å²) in [4.78, 5) is 11.0. The van der Waals surface area contributed by atoms with Crippen LogP contribution in [0.4, 0.5) is 11.4 Å². The molecule has 0 radical (unpaired) electrons. The Morgan fingerprint density at radius 1 is 0.318 bits per heavy atom. The molecule has 0 aromatic heterocycles. The van der Waals surface area contributed by atoms with Crippen molar-refractivity contribution in [2.24, 2.45) is 9.98 Å². The minimum absolute atomic E-state index is 0. The molecule has 378 valence electrons. The van der Waals surface area contributed by atoms with E-state index in [9.17, 15) is 0 Å². The van der Waals surface area contributed by atoms with E-state index in [2.05, 4.69) is 101 Å². The summed E-state index contributed by atoms with van der Waals surface area (Å²) in [6, 6.07) is 17.8. The third-order valence-corrected chi connectivity index (χ3v) is 13.6. The predicted molar refractivity (Wildman–Crippen MR) is 296 cm³/mol. The molecule has 0 aliphatic carbocycles. The van der Waals surface area contributed by atoms with Crippen molar-refractivity contribution in [2.75, 3.05) is 0 Å². The van der Waals surface area contributed by atoms with Crippen molar-refractivity contribution in [1.82, 2.24) is 0 Å². The second-order valence-electron chi connectivity index (χ2n) is 19.7. The van der Waals surface area contributed by atoms with Crippen LogP contribution in [0.2, 0.25) is 0 Å². The van der Waals surface area contributed by atoms with Crippen molar-refractivity contribution in [3.8, 4) is 0 Å². The summed E-state index contributed by atoms with van der Waals surface area (Å²) in [6.45, 7) is 9.21. The normalized spacial score (nSPS) is 12.2. The van der Waals surface area contributed by atoms with Crippen molar-refractivity contribution in [2.45, 2.75) is 291 Å². The summed E-state index contributed by atoms with van der Waals surface area (Å²) >= 11 is 0. The summed E-state index contributed by atoms with van der Waals surface area (Å²) < 4.78 is 0.